The van der Waals surface area contributed by atoms with E-state index in [2.05, 4.69) is 42.3 Å². The zero-order chi connectivity index (χ0) is 11.4. The van der Waals surface area contributed by atoms with E-state index in [0.717, 1.165) is 12.8 Å². The van der Waals surface area contributed by atoms with Crippen LogP contribution >= 0.6 is 0 Å². The summed E-state index contributed by atoms with van der Waals surface area (Å²) in [7, 11) is 0. The Morgan fingerprint density at radius 1 is 1.18 bits per heavy atom. The van der Waals surface area contributed by atoms with Crippen LogP contribution in [0.4, 0.5) is 0 Å². The van der Waals surface area contributed by atoms with Crippen LogP contribution in [0.25, 0.3) is 5.57 Å². The highest BCUT2D eigenvalue weighted by atomic mass is 14.7. The average Bonchev–Trinajstić information content (AvgIpc) is 2.90. The molecule has 4 rings (SSSR count). The molecule has 1 heteroatoms. The van der Waals surface area contributed by atoms with Crippen LogP contribution in [0.2, 0.25) is 0 Å². The van der Waals surface area contributed by atoms with E-state index in [0.29, 0.717) is 0 Å². The average molecular weight is 219 g/mol. The Morgan fingerprint density at radius 3 is 3.06 bits per heavy atom. The minimum absolute atomic E-state index is 1.06. The van der Waals surface area contributed by atoms with Crippen molar-refractivity contribution in [2.45, 2.75) is 19.8 Å². The summed E-state index contributed by atoms with van der Waals surface area (Å²) < 4.78 is 0. The first-order valence-corrected chi connectivity index (χ1v) is 6.10. The second-order valence-electron chi connectivity index (χ2n) is 4.95. The third-order valence-corrected chi connectivity index (χ3v) is 3.86. The van der Waals surface area contributed by atoms with Crippen LogP contribution in [0.15, 0.2) is 52.7 Å². The van der Waals surface area contributed by atoms with Crippen molar-refractivity contribution in [1.29, 1.82) is 0 Å². The first-order valence-electron chi connectivity index (χ1n) is 6.10. The molecule has 0 spiro atoms. The molecule has 1 aromatic carbocycles. The molecular formula is C16H13N. The first-order chi connectivity index (χ1) is 8.33. The van der Waals surface area contributed by atoms with Gasteiger partial charge in [-0.25, -0.2) is 0 Å². The molecular weight excluding hydrogens is 206 g/mol. The standard InChI is InChI=1S/C16H13N/c1-10-2-4-13-12(8-10)9-15-14(13)5-3-11-6-7-17-16(11)15/h2-4,6-8H,5,9H2,1H3. The maximum absolute atomic E-state index is 4.52. The molecule has 2 aliphatic carbocycles. The summed E-state index contributed by atoms with van der Waals surface area (Å²) in [5.41, 5.74) is 9.73. The Hall–Kier alpha value is -1.89. The molecule has 0 atom stereocenters. The summed E-state index contributed by atoms with van der Waals surface area (Å²) in [6.07, 6.45) is 8.46. The monoisotopic (exact) mass is 219 g/mol. The number of hydrogen-bond acceptors (Lipinski definition) is 1. The number of fused-ring (bicyclic) bond motifs is 4. The van der Waals surface area contributed by atoms with Gasteiger partial charge in [0, 0.05) is 12.6 Å². The topological polar surface area (TPSA) is 12.4 Å². The van der Waals surface area contributed by atoms with Crippen molar-refractivity contribution in [3.05, 3.63) is 64.4 Å². The summed E-state index contributed by atoms with van der Waals surface area (Å²) in [4.78, 5) is 4.52. The molecule has 1 aromatic rings. The first kappa shape index (κ1) is 9.17. The van der Waals surface area contributed by atoms with Crippen molar-refractivity contribution < 1.29 is 0 Å². The van der Waals surface area contributed by atoms with E-state index in [9.17, 15) is 0 Å². The zero-order valence-electron chi connectivity index (χ0n) is 9.83. The molecule has 0 aromatic heterocycles. The largest absolute Gasteiger partial charge is 0.256 e. The third-order valence-electron chi connectivity index (χ3n) is 3.86. The minimum Gasteiger partial charge on any atom is -0.256 e. The molecule has 1 aliphatic heterocycles. The van der Waals surface area contributed by atoms with Gasteiger partial charge in [0.1, 0.15) is 0 Å². The Kier molecular flexibility index (Phi) is 1.66. The van der Waals surface area contributed by atoms with Gasteiger partial charge in [-0.15, -0.1) is 0 Å². The molecule has 0 saturated carbocycles. The molecule has 0 radical (unpaired) electrons. The van der Waals surface area contributed by atoms with E-state index < -0.39 is 0 Å². The highest BCUT2D eigenvalue weighted by Crippen LogP contribution is 2.41. The summed E-state index contributed by atoms with van der Waals surface area (Å²) in [5.74, 6) is 0. The van der Waals surface area contributed by atoms with E-state index in [1.54, 1.807) is 0 Å². The molecule has 0 unspecified atom stereocenters. The maximum atomic E-state index is 4.52. The predicted octanol–water partition coefficient (Wildman–Crippen LogP) is 3.60. The lowest BCUT2D eigenvalue weighted by Gasteiger charge is -2.13. The Morgan fingerprint density at radius 2 is 2.12 bits per heavy atom. The van der Waals surface area contributed by atoms with Crippen LogP contribution in [-0.2, 0) is 6.42 Å². The van der Waals surface area contributed by atoms with Crippen LogP contribution in [0, 0.1) is 6.92 Å². The fraction of sp³-hybridized carbons (Fsp3) is 0.188. The number of allylic oxidation sites excluding steroid dienone is 5. The highest BCUT2D eigenvalue weighted by molar-refractivity contribution is 6.22. The number of hydrogen-bond donors (Lipinski definition) is 0. The predicted molar refractivity (Wildman–Crippen MR) is 71.1 cm³/mol. The van der Waals surface area contributed by atoms with Crippen molar-refractivity contribution >= 4 is 11.3 Å². The van der Waals surface area contributed by atoms with Crippen molar-refractivity contribution in [1.82, 2.24) is 0 Å². The Balaban J connectivity index is 1.88. The molecule has 0 bridgehead atoms. The SMILES string of the molecule is Cc1ccc2c(c1)CC1=C2CC=C2C=CN=C21. The van der Waals surface area contributed by atoms with E-state index in [1.165, 1.54) is 39.1 Å². The second kappa shape index (κ2) is 3.07. The number of nitrogens with zero attached hydrogens (tertiary/aromatic N) is 1. The van der Waals surface area contributed by atoms with E-state index in [1.807, 2.05) is 6.20 Å². The van der Waals surface area contributed by atoms with Gasteiger partial charge in [-0.1, -0.05) is 29.8 Å². The summed E-state index contributed by atoms with van der Waals surface area (Å²) in [6, 6.07) is 6.80. The van der Waals surface area contributed by atoms with Crippen molar-refractivity contribution in [3.8, 4) is 0 Å². The number of benzene rings is 1. The van der Waals surface area contributed by atoms with Gasteiger partial charge >= 0.3 is 0 Å². The van der Waals surface area contributed by atoms with Gasteiger partial charge in [0.05, 0.1) is 5.71 Å². The lowest BCUT2D eigenvalue weighted by atomic mass is 9.91. The summed E-state index contributed by atoms with van der Waals surface area (Å²) in [5, 5.41) is 0. The molecule has 1 heterocycles. The van der Waals surface area contributed by atoms with E-state index >= 15 is 0 Å². The molecule has 17 heavy (non-hydrogen) atoms. The minimum atomic E-state index is 1.06. The molecule has 82 valence electrons. The lowest BCUT2D eigenvalue weighted by Crippen LogP contribution is -2.07. The van der Waals surface area contributed by atoms with Crippen LogP contribution in [0.3, 0.4) is 0 Å². The van der Waals surface area contributed by atoms with Gasteiger partial charge in [0.15, 0.2) is 0 Å². The van der Waals surface area contributed by atoms with E-state index in [4.69, 9.17) is 0 Å². The van der Waals surface area contributed by atoms with Crippen LogP contribution in [0.1, 0.15) is 23.1 Å². The molecule has 3 aliphatic rings. The van der Waals surface area contributed by atoms with Crippen molar-refractivity contribution in [3.63, 3.8) is 0 Å². The van der Waals surface area contributed by atoms with Crippen LogP contribution < -0.4 is 0 Å². The number of rotatable bonds is 0. The molecule has 0 fully saturated rings. The van der Waals surface area contributed by atoms with Crippen LogP contribution in [-0.4, -0.2) is 5.71 Å². The Labute approximate surface area is 101 Å². The van der Waals surface area contributed by atoms with Gasteiger partial charge in [0.2, 0.25) is 0 Å². The van der Waals surface area contributed by atoms with Gasteiger partial charge in [-0.05, 0) is 47.3 Å². The van der Waals surface area contributed by atoms with E-state index in [-0.39, 0.29) is 0 Å². The Bertz CT molecular complexity index is 654. The van der Waals surface area contributed by atoms with Gasteiger partial charge in [0.25, 0.3) is 0 Å². The van der Waals surface area contributed by atoms with Gasteiger partial charge in [-0.2, -0.15) is 0 Å². The molecule has 0 N–H and O–H groups in total. The fourth-order valence-corrected chi connectivity index (χ4v) is 3.06. The zero-order valence-corrected chi connectivity index (χ0v) is 9.83. The van der Waals surface area contributed by atoms with Crippen LogP contribution in [0.5, 0.6) is 0 Å². The fourth-order valence-electron chi connectivity index (χ4n) is 3.06. The number of aliphatic imine (C=N–C) groups is 1. The van der Waals surface area contributed by atoms with Crippen molar-refractivity contribution in [2.24, 2.45) is 4.99 Å². The van der Waals surface area contributed by atoms with Gasteiger partial charge < -0.3 is 0 Å². The quantitative estimate of drug-likeness (QED) is 0.632. The maximum Gasteiger partial charge on any atom is 0.0737 e. The lowest BCUT2D eigenvalue weighted by molar-refractivity contribution is 1.24. The normalized spacial score (nSPS) is 19.8. The van der Waals surface area contributed by atoms with Crippen molar-refractivity contribution in [2.75, 3.05) is 0 Å². The summed E-state index contributed by atoms with van der Waals surface area (Å²) >= 11 is 0. The smallest absolute Gasteiger partial charge is 0.0737 e. The molecule has 1 nitrogen and oxygen atoms in total. The highest BCUT2D eigenvalue weighted by Gasteiger charge is 2.28. The number of aryl methyl sites for hydroxylation is 1. The molecule has 0 saturated heterocycles. The second-order valence-corrected chi connectivity index (χ2v) is 4.95. The van der Waals surface area contributed by atoms with Gasteiger partial charge in [-0.3, -0.25) is 4.99 Å². The third kappa shape index (κ3) is 1.17. The summed E-state index contributed by atoms with van der Waals surface area (Å²) in [6.45, 7) is 2.16. The molecule has 0 amide bonds.